The standard InChI is InChI=1S/C24H27FN6O4/c1-5-34-17-8-6-16(7-9-17)18-10-20(29-30-21(18)23(32)33-4)27-22-19(25)11-26-24(28-22)31-12-14(2)35-15(3)13-31/h6-11,14-15H,5,12-13H2,1-4H3,(H,26,27,28,29)/t14-,15+. The van der Waals surface area contributed by atoms with Gasteiger partial charge in [0, 0.05) is 18.7 Å². The largest absolute Gasteiger partial charge is 0.494 e. The molecule has 1 aliphatic rings. The van der Waals surface area contributed by atoms with Gasteiger partial charge in [0.2, 0.25) is 5.95 Å². The van der Waals surface area contributed by atoms with Gasteiger partial charge in [-0.3, -0.25) is 0 Å². The summed E-state index contributed by atoms with van der Waals surface area (Å²) in [6, 6.07) is 8.75. The third-order valence-electron chi connectivity index (χ3n) is 5.33. The number of anilines is 3. The first-order valence-electron chi connectivity index (χ1n) is 11.3. The lowest BCUT2D eigenvalue weighted by atomic mass is 10.0. The molecule has 35 heavy (non-hydrogen) atoms. The molecular weight excluding hydrogens is 455 g/mol. The fraction of sp³-hybridized carbons (Fsp3) is 0.375. The summed E-state index contributed by atoms with van der Waals surface area (Å²) >= 11 is 0. The Kier molecular flexibility index (Phi) is 7.35. The van der Waals surface area contributed by atoms with Gasteiger partial charge in [-0.15, -0.1) is 10.2 Å². The molecule has 2 aromatic heterocycles. The summed E-state index contributed by atoms with van der Waals surface area (Å²) in [7, 11) is 1.27. The number of benzene rings is 1. The third-order valence-corrected chi connectivity index (χ3v) is 5.33. The van der Waals surface area contributed by atoms with Crippen LogP contribution in [0.3, 0.4) is 0 Å². The summed E-state index contributed by atoms with van der Waals surface area (Å²) in [5.41, 5.74) is 1.18. The second-order valence-electron chi connectivity index (χ2n) is 8.09. The summed E-state index contributed by atoms with van der Waals surface area (Å²) in [4.78, 5) is 22.8. The molecule has 0 radical (unpaired) electrons. The van der Waals surface area contributed by atoms with Crippen LogP contribution in [0, 0.1) is 5.82 Å². The minimum Gasteiger partial charge on any atom is -0.494 e. The van der Waals surface area contributed by atoms with Crippen molar-refractivity contribution < 1.29 is 23.4 Å². The van der Waals surface area contributed by atoms with Gasteiger partial charge in [0.15, 0.2) is 23.1 Å². The molecule has 0 saturated carbocycles. The maximum absolute atomic E-state index is 14.6. The van der Waals surface area contributed by atoms with Crippen LogP contribution in [0.5, 0.6) is 5.75 Å². The highest BCUT2D eigenvalue weighted by Crippen LogP contribution is 2.29. The fourth-order valence-corrected chi connectivity index (χ4v) is 3.88. The molecule has 0 unspecified atom stereocenters. The number of aromatic nitrogens is 4. The number of esters is 1. The fourth-order valence-electron chi connectivity index (χ4n) is 3.88. The van der Waals surface area contributed by atoms with E-state index in [-0.39, 0.29) is 29.5 Å². The molecule has 2 atom stereocenters. The molecule has 0 bridgehead atoms. The number of morpholine rings is 1. The highest BCUT2D eigenvalue weighted by molar-refractivity contribution is 5.95. The Labute approximate surface area is 202 Å². The first-order chi connectivity index (χ1) is 16.9. The molecule has 1 saturated heterocycles. The molecule has 0 aliphatic carbocycles. The van der Waals surface area contributed by atoms with E-state index in [1.165, 1.54) is 7.11 Å². The first kappa shape index (κ1) is 24.3. The van der Waals surface area contributed by atoms with E-state index in [4.69, 9.17) is 14.2 Å². The Morgan fingerprint density at radius 1 is 1.20 bits per heavy atom. The van der Waals surface area contributed by atoms with Crippen LogP contribution in [-0.4, -0.2) is 65.1 Å². The smallest absolute Gasteiger partial charge is 0.359 e. The SMILES string of the molecule is CCOc1ccc(-c2cc(Nc3nc(N4C[C@@H](C)O[C@@H](C)C4)ncc3F)nnc2C(=O)OC)cc1. The van der Waals surface area contributed by atoms with Gasteiger partial charge in [-0.2, -0.15) is 4.98 Å². The second-order valence-corrected chi connectivity index (χ2v) is 8.09. The Morgan fingerprint density at radius 3 is 2.57 bits per heavy atom. The normalized spacial score (nSPS) is 17.7. The second kappa shape index (κ2) is 10.6. The molecule has 1 aliphatic heterocycles. The van der Waals surface area contributed by atoms with Crippen molar-refractivity contribution >= 4 is 23.6 Å². The zero-order chi connectivity index (χ0) is 24.9. The number of carbonyl (C=O) groups excluding carboxylic acids is 1. The Balaban J connectivity index is 1.65. The lowest BCUT2D eigenvalue weighted by Crippen LogP contribution is -2.46. The van der Waals surface area contributed by atoms with Crippen LogP contribution in [0.1, 0.15) is 31.3 Å². The van der Waals surface area contributed by atoms with Crippen LogP contribution in [0.2, 0.25) is 0 Å². The quantitative estimate of drug-likeness (QED) is 0.501. The zero-order valence-corrected chi connectivity index (χ0v) is 20.0. The van der Waals surface area contributed by atoms with Crippen molar-refractivity contribution in [1.82, 2.24) is 20.2 Å². The molecule has 1 N–H and O–H groups in total. The number of rotatable bonds is 7. The van der Waals surface area contributed by atoms with Gasteiger partial charge in [-0.1, -0.05) is 12.1 Å². The van der Waals surface area contributed by atoms with Gasteiger partial charge in [-0.05, 0) is 44.5 Å². The monoisotopic (exact) mass is 482 g/mol. The van der Waals surface area contributed by atoms with Gasteiger partial charge in [-0.25, -0.2) is 14.2 Å². The van der Waals surface area contributed by atoms with E-state index in [1.807, 2.05) is 25.7 Å². The number of halogens is 1. The molecule has 1 fully saturated rings. The van der Waals surface area contributed by atoms with Crippen LogP contribution in [-0.2, 0) is 9.47 Å². The van der Waals surface area contributed by atoms with E-state index in [1.54, 1.807) is 30.3 Å². The minimum atomic E-state index is -0.649. The van der Waals surface area contributed by atoms with Crippen molar-refractivity contribution in [3.05, 3.63) is 48.0 Å². The van der Waals surface area contributed by atoms with Crippen molar-refractivity contribution in [2.24, 2.45) is 0 Å². The molecule has 3 aromatic rings. The van der Waals surface area contributed by atoms with E-state index >= 15 is 0 Å². The first-order valence-corrected chi connectivity index (χ1v) is 11.3. The molecule has 0 spiro atoms. The summed E-state index contributed by atoms with van der Waals surface area (Å²) < 4.78 is 30.7. The zero-order valence-electron chi connectivity index (χ0n) is 20.0. The lowest BCUT2D eigenvalue weighted by Gasteiger charge is -2.35. The topological polar surface area (TPSA) is 112 Å². The lowest BCUT2D eigenvalue weighted by molar-refractivity contribution is -0.00572. The Bertz CT molecular complexity index is 1180. The van der Waals surface area contributed by atoms with Crippen LogP contribution in [0.25, 0.3) is 11.1 Å². The van der Waals surface area contributed by atoms with Gasteiger partial charge >= 0.3 is 5.97 Å². The van der Waals surface area contributed by atoms with E-state index < -0.39 is 11.8 Å². The third kappa shape index (κ3) is 5.62. The summed E-state index contributed by atoms with van der Waals surface area (Å²) in [5.74, 6) is -0.0720. The van der Waals surface area contributed by atoms with Crippen molar-refractivity contribution in [2.45, 2.75) is 33.0 Å². The Morgan fingerprint density at radius 2 is 1.91 bits per heavy atom. The highest BCUT2D eigenvalue weighted by Gasteiger charge is 2.25. The predicted molar refractivity (Wildman–Crippen MR) is 127 cm³/mol. The van der Waals surface area contributed by atoms with Crippen LogP contribution < -0.4 is 15.0 Å². The molecular formula is C24H27FN6O4. The van der Waals surface area contributed by atoms with Gasteiger partial charge < -0.3 is 24.4 Å². The van der Waals surface area contributed by atoms with E-state index in [0.29, 0.717) is 42.5 Å². The maximum atomic E-state index is 14.6. The van der Waals surface area contributed by atoms with E-state index in [2.05, 4.69) is 25.5 Å². The number of ether oxygens (including phenoxy) is 3. The van der Waals surface area contributed by atoms with Crippen molar-refractivity contribution in [1.29, 1.82) is 0 Å². The van der Waals surface area contributed by atoms with Crippen LogP contribution in [0.4, 0.5) is 22.0 Å². The van der Waals surface area contributed by atoms with Gasteiger partial charge in [0.05, 0.1) is 32.1 Å². The average Bonchev–Trinajstić information content (AvgIpc) is 2.85. The maximum Gasteiger partial charge on any atom is 0.359 e. The number of hydrogen-bond acceptors (Lipinski definition) is 10. The molecule has 10 nitrogen and oxygen atoms in total. The summed E-state index contributed by atoms with van der Waals surface area (Å²) in [6.07, 6.45) is 1.11. The number of nitrogens with zero attached hydrogens (tertiary/aromatic N) is 5. The van der Waals surface area contributed by atoms with E-state index in [9.17, 15) is 9.18 Å². The summed E-state index contributed by atoms with van der Waals surface area (Å²) in [5, 5.41) is 10.9. The molecule has 0 amide bonds. The van der Waals surface area contributed by atoms with E-state index in [0.717, 1.165) is 6.20 Å². The Hall–Kier alpha value is -3.86. The number of methoxy groups -OCH3 is 1. The molecule has 184 valence electrons. The van der Waals surface area contributed by atoms with Crippen LogP contribution >= 0.6 is 0 Å². The highest BCUT2D eigenvalue weighted by atomic mass is 19.1. The number of nitrogens with one attached hydrogen (secondary N) is 1. The van der Waals surface area contributed by atoms with Gasteiger partial charge in [0.1, 0.15) is 5.75 Å². The van der Waals surface area contributed by atoms with Crippen LogP contribution in [0.15, 0.2) is 36.5 Å². The molecule has 4 rings (SSSR count). The number of carbonyl (C=O) groups is 1. The van der Waals surface area contributed by atoms with Crippen molar-refractivity contribution in [3.63, 3.8) is 0 Å². The number of hydrogen-bond donors (Lipinski definition) is 1. The average molecular weight is 483 g/mol. The molecule has 11 heteroatoms. The summed E-state index contributed by atoms with van der Waals surface area (Å²) in [6.45, 7) is 7.53. The molecule has 3 heterocycles. The van der Waals surface area contributed by atoms with Crippen molar-refractivity contribution in [3.8, 4) is 16.9 Å². The predicted octanol–water partition coefficient (Wildman–Crippen LogP) is 3.62. The van der Waals surface area contributed by atoms with Gasteiger partial charge in [0.25, 0.3) is 0 Å². The minimum absolute atomic E-state index is 0.00258. The van der Waals surface area contributed by atoms with Crippen molar-refractivity contribution in [2.75, 3.05) is 37.0 Å². The molecule has 1 aromatic carbocycles.